The van der Waals surface area contributed by atoms with E-state index in [4.69, 9.17) is 0 Å². The van der Waals surface area contributed by atoms with Crippen molar-refractivity contribution >= 4 is 22.1 Å². The lowest BCUT2D eigenvalue weighted by Crippen LogP contribution is -2.58. The first-order valence-electron chi connectivity index (χ1n) is 8.28. The first kappa shape index (κ1) is 19.8. The van der Waals surface area contributed by atoms with Gasteiger partial charge in [0.05, 0.1) is 4.90 Å². The van der Waals surface area contributed by atoms with Crippen LogP contribution in [-0.2, 0) is 14.8 Å². The Hall–Kier alpha value is -1.98. The molecule has 2 aliphatic heterocycles. The second kappa shape index (κ2) is 6.88. The zero-order valence-electron chi connectivity index (χ0n) is 14.1. The number of hydrazone groups is 1. The van der Waals surface area contributed by atoms with E-state index in [2.05, 4.69) is 5.10 Å². The van der Waals surface area contributed by atoms with E-state index in [1.807, 2.05) is 0 Å². The Labute approximate surface area is 154 Å². The van der Waals surface area contributed by atoms with Crippen molar-refractivity contribution in [3.8, 4) is 0 Å². The van der Waals surface area contributed by atoms with E-state index in [1.54, 1.807) is 18.2 Å². The highest BCUT2D eigenvalue weighted by atomic mass is 32.2. The molecule has 1 aromatic rings. The second-order valence-electron chi connectivity index (χ2n) is 6.46. The lowest BCUT2D eigenvalue weighted by atomic mass is 9.96. The summed E-state index contributed by atoms with van der Waals surface area (Å²) in [5.74, 6) is -1.81. The highest BCUT2D eigenvalue weighted by Gasteiger charge is 2.62. The first-order chi connectivity index (χ1) is 12.6. The number of hydrogen-bond donors (Lipinski definition) is 1. The number of amides is 1. The molecule has 1 N–H and O–H groups in total. The van der Waals surface area contributed by atoms with Gasteiger partial charge >= 0.3 is 6.18 Å². The summed E-state index contributed by atoms with van der Waals surface area (Å²) in [6, 6.07) is 7.77. The van der Waals surface area contributed by atoms with Gasteiger partial charge in [-0.3, -0.25) is 4.79 Å². The minimum atomic E-state index is -5.05. The van der Waals surface area contributed by atoms with E-state index in [9.17, 15) is 31.5 Å². The largest absolute Gasteiger partial charge is 0.438 e. The Morgan fingerprint density at radius 1 is 1.19 bits per heavy atom. The van der Waals surface area contributed by atoms with Crippen LogP contribution in [0.4, 0.5) is 13.2 Å². The van der Waals surface area contributed by atoms with Gasteiger partial charge in [-0.15, -0.1) is 0 Å². The molecule has 0 bridgehead atoms. The molecule has 2 heterocycles. The van der Waals surface area contributed by atoms with Crippen LogP contribution in [0.3, 0.4) is 0 Å². The molecular formula is C16H18F3N3O4S. The maximum absolute atomic E-state index is 13.1. The molecule has 1 amide bonds. The molecule has 3 rings (SSSR count). The van der Waals surface area contributed by atoms with Gasteiger partial charge < -0.3 is 5.11 Å². The summed E-state index contributed by atoms with van der Waals surface area (Å²) in [5, 5.41) is 13.4. The Balaban J connectivity index is 1.69. The number of carbonyl (C=O) groups excluding carboxylic acids is 1. The Bertz CT molecular complexity index is 836. The maximum atomic E-state index is 13.1. The average molecular weight is 405 g/mol. The van der Waals surface area contributed by atoms with Crippen molar-refractivity contribution in [1.29, 1.82) is 0 Å². The summed E-state index contributed by atoms with van der Waals surface area (Å²) in [6.45, 7) is -0.00866. The predicted molar refractivity (Wildman–Crippen MR) is 88.9 cm³/mol. The molecule has 27 heavy (non-hydrogen) atoms. The smallest absolute Gasteiger partial charge is 0.362 e. The Kier molecular flexibility index (Phi) is 5.04. The predicted octanol–water partition coefficient (Wildman–Crippen LogP) is 1.56. The van der Waals surface area contributed by atoms with Crippen LogP contribution in [0.5, 0.6) is 0 Å². The van der Waals surface area contributed by atoms with Gasteiger partial charge in [0.15, 0.2) is 0 Å². The quantitative estimate of drug-likeness (QED) is 0.826. The van der Waals surface area contributed by atoms with Crippen LogP contribution in [-0.4, -0.2) is 60.0 Å². The molecule has 0 aromatic heterocycles. The van der Waals surface area contributed by atoms with E-state index < -0.39 is 40.2 Å². The average Bonchev–Trinajstić information content (AvgIpc) is 3.05. The zero-order valence-corrected chi connectivity index (χ0v) is 14.9. The van der Waals surface area contributed by atoms with Crippen LogP contribution < -0.4 is 0 Å². The minimum absolute atomic E-state index is 0.00433. The lowest BCUT2D eigenvalue weighted by molar-refractivity contribution is -0.303. The molecule has 0 spiro atoms. The molecule has 0 unspecified atom stereocenters. The van der Waals surface area contributed by atoms with E-state index in [0.29, 0.717) is 0 Å². The fraction of sp³-hybridized carbons (Fsp3) is 0.500. The van der Waals surface area contributed by atoms with Crippen molar-refractivity contribution in [3.05, 3.63) is 30.3 Å². The Morgan fingerprint density at radius 2 is 1.78 bits per heavy atom. The third-order valence-corrected chi connectivity index (χ3v) is 6.68. The molecular weight excluding hydrogens is 387 g/mol. The van der Waals surface area contributed by atoms with Gasteiger partial charge in [-0.2, -0.15) is 27.6 Å². The van der Waals surface area contributed by atoms with Crippen molar-refractivity contribution in [2.75, 3.05) is 13.1 Å². The third kappa shape index (κ3) is 3.46. The number of alkyl halides is 3. The summed E-state index contributed by atoms with van der Waals surface area (Å²) in [6.07, 6.45) is -4.93. The van der Waals surface area contributed by atoms with E-state index in [-0.39, 0.29) is 35.8 Å². The molecule has 148 valence electrons. The number of nitrogens with zero attached hydrogens (tertiary/aromatic N) is 3. The van der Waals surface area contributed by atoms with Crippen LogP contribution >= 0.6 is 0 Å². The summed E-state index contributed by atoms with van der Waals surface area (Å²) >= 11 is 0. The second-order valence-corrected chi connectivity index (χ2v) is 8.40. The molecule has 1 saturated heterocycles. The molecule has 0 aliphatic carbocycles. The van der Waals surface area contributed by atoms with Crippen molar-refractivity contribution in [2.24, 2.45) is 11.0 Å². The van der Waals surface area contributed by atoms with Crippen LogP contribution in [0.15, 0.2) is 40.3 Å². The number of rotatable bonds is 3. The molecule has 1 atom stereocenters. The van der Waals surface area contributed by atoms with Crippen LogP contribution in [0.25, 0.3) is 0 Å². The number of carbonyl (C=O) groups is 1. The van der Waals surface area contributed by atoms with Crippen molar-refractivity contribution < 1.29 is 31.5 Å². The van der Waals surface area contributed by atoms with E-state index >= 15 is 0 Å². The number of benzene rings is 1. The fourth-order valence-corrected chi connectivity index (χ4v) is 4.66. The summed E-state index contributed by atoms with van der Waals surface area (Å²) in [4.78, 5) is 12.6. The molecule has 2 aliphatic rings. The van der Waals surface area contributed by atoms with Gasteiger partial charge in [0, 0.05) is 31.6 Å². The monoisotopic (exact) mass is 405 g/mol. The lowest BCUT2D eigenvalue weighted by Gasteiger charge is -2.36. The minimum Gasteiger partial charge on any atom is -0.362 e. The van der Waals surface area contributed by atoms with Gasteiger partial charge in [0.2, 0.25) is 15.9 Å². The zero-order chi connectivity index (χ0) is 19.9. The number of sulfonamides is 1. The van der Waals surface area contributed by atoms with Gasteiger partial charge in [-0.05, 0) is 25.0 Å². The van der Waals surface area contributed by atoms with Gasteiger partial charge in [-0.1, -0.05) is 18.2 Å². The highest BCUT2D eigenvalue weighted by molar-refractivity contribution is 7.89. The first-order valence-corrected chi connectivity index (χ1v) is 9.72. The summed E-state index contributed by atoms with van der Waals surface area (Å²) in [7, 11) is -3.73. The number of aliphatic hydroxyl groups is 1. The SMILES string of the molecule is O=C(C1CCN(S(=O)(=O)c2ccccc2)CC1)N1N=CC[C@]1(O)C(F)(F)F. The van der Waals surface area contributed by atoms with E-state index in [1.165, 1.54) is 16.4 Å². The number of piperidine rings is 1. The fourth-order valence-electron chi connectivity index (χ4n) is 3.16. The molecule has 0 saturated carbocycles. The normalized spacial score (nSPS) is 25.1. The molecule has 0 radical (unpaired) electrons. The highest BCUT2D eigenvalue weighted by Crippen LogP contribution is 2.40. The standard InChI is InChI=1S/C16H18F3N3O4S/c17-16(18,19)15(24)8-9-20-22(15)14(23)12-6-10-21(11-7-12)27(25,26)13-4-2-1-3-5-13/h1-5,9,12,24H,6-8,10-11H2/t15-/m0/s1. The Morgan fingerprint density at radius 3 is 2.33 bits per heavy atom. The third-order valence-electron chi connectivity index (χ3n) is 4.77. The van der Waals surface area contributed by atoms with Gasteiger partial charge in [-0.25, -0.2) is 8.42 Å². The molecule has 1 aromatic carbocycles. The topological polar surface area (TPSA) is 90.3 Å². The molecule has 7 nitrogen and oxygen atoms in total. The van der Waals surface area contributed by atoms with Crippen molar-refractivity contribution in [3.63, 3.8) is 0 Å². The molecule has 1 fully saturated rings. The van der Waals surface area contributed by atoms with Gasteiger partial charge in [0.25, 0.3) is 5.72 Å². The van der Waals surface area contributed by atoms with E-state index in [0.717, 1.165) is 6.21 Å². The number of hydrogen-bond acceptors (Lipinski definition) is 5. The van der Waals surface area contributed by atoms with Gasteiger partial charge in [0.1, 0.15) is 0 Å². The van der Waals surface area contributed by atoms with Crippen molar-refractivity contribution in [1.82, 2.24) is 9.31 Å². The number of halogens is 3. The van der Waals surface area contributed by atoms with Crippen LogP contribution in [0, 0.1) is 5.92 Å². The molecule has 11 heteroatoms. The summed E-state index contributed by atoms with van der Waals surface area (Å²) < 4.78 is 65.7. The van der Waals surface area contributed by atoms with Crippen molar-refractivity contribution in [2.45, 2.75) is 36.1 Å². The van der Waals surface area contributed by atoms with Crippen LogP contribution in [0.1, 0.15) is 19.3 Å². The summed E-state index contributed by atoms with van der Waals surface area (Å²) in [5.41, 5.74) is -3.35. The van der Waals surface area contributed by atoms with Crippen LogP contribution in [0.2, 0.25) is 0 Å². The maximum Gasteiger partial charge on any atom is 0.438 e.